The summed E-state index contributed by atoms with van der Waals surface area (Å²) < 4.78 is 5.86. The van der Waals surface area contributed by atoms with Gasteiger partial charge in [-0.05, 0) is 44.2 Å². The molecule has 0 N–H and O–H groups in total. The molecule has 1 atom stereocenters. The largest absolute Gasteiger partial charge is 0.437 e. The Morgan fingerprint density at radius 1 is 1.03 bits per heavy atom. The monoisotopic (exact) mass is 458 g/mol. The lowest BCUT2D eigenvalue weighted by molar-refractivity contribution is 0.0705. The summed E-state index contributed by atoms with van der Waals surface area (Å²) in [5.41, 5.74) is 1.55. The van der Waals surface area contributed by atoms with Gasteiger partial charge in [-0.1, -0.05) is 18.2 Å². The first-order chi connectivity index (χ1) is 16.7. The molecule has 34 heavy (non-hydrogen) atoms. The van der Waals surface area contributed by atoms with Crippen LogP contribution in [-0.4, -0.2) is 77.0 Å². The van der Waals surface area contributed by atoms with Crippen LogP contribution in [0.4, 0.5) is 5.82 Å². The van der Waals surface area contributed by atoms with E-state index < -0.39 is 0 Å². The van der Waals surface area contributed by atoms with Gasteiger partial charge in [0.2, 0.25) is 5.88 Å². The molecular weight excluding hydrogens is 428 g/mol. The third-order valence-electron chi connectivity index (χ3n) is 6.54. The smallest absolute Gasteiger partial charge is 0.254 e. The van der Waals surface area contributed by atoms with Gasteiger partial charge in [0.05, 0.1) is 11.9 Å². The van der Waals surface area contributed by atoms with Crippen LogP contribution in [0.1, 0.15) is 34.8 Å². The first-order valence-electron chi connectivity index (χ1n) is 11.9. The molecule has 0 radical (unpaired) electrons. The number of piperidine rings is 1. The van der Waals surface area contributed by atoms with E-state index in [1.165, 1.54) is 0 Å². The zero-order chi connectivity index (χ0) is 23.3. The molecular formula is C26H30N6O2. The number of hydrogen-bond donors (Lipinski definition) is 0. The molecule has 2 aliphatic rings. The molecule has 5 rings (SSSR count). The second-order valence-corrected chi connectivity index (χ2v) is 8.98. The number of amides is 1. The number of aromatic nitrogens is 3. The van der Waals surface area contributed by atoms with Crippen molar-refractivity contribution in [2.24, 2.45) is 0 Å². The minimum Gasteiger partial charge on any atom is -0.437 e. The minimum atomic E-state index is 0.0483. The number of carbonyl (C=O) groups is 1. The molecule has 8 nitrogen and oxygen atoms in total. The Labute approximate surface area is 200 Å². The van der Waals surface area contributed by atoms with Crippen molar-refractivity contribution in [3.63, 3.8) is 0 Å². The molecule has 0 saturated carbocycles. The third-order valence-corrected chi connectivity index (χ3v) is 6.54. The van der Waals surface area contributed by atoms with E-state index in [-0.39, 0.29) is 11.8 Å². The van der Waals surface area contributed by atoms with E-state index in [9.17, 15) is 4.79 Å². The number of piperazine rings is 1. The van der Waals surface area contributed by atoms with Gasteiger partial charge >= 0.3 is 0 Å². The summed E-state index contributed by atoms with van der Waals surface area (Å²) in [5.74, 6) is 2.25. The number of nitrogens with zero attached hydrogens (tertiary/aromatic N) is 6. The fourth-order valence-corrected chi connectivity index (χ4v) is 4.56. The number of benzene rings is 1. The zero-order valence-corrected chi connectivity index (χ0v) is 19.5. The Morgan fingerprint density at radius 2 is 1.85 bits per heavy atom. The normalized spacial score (nSPS) is 19.1. The molecule has 1 amide bonds. The number of anilines is 1. The fraction of sp³-hybridized carbons (Fsp3) is 0.385. The highest BCUT2D eigenvalue weighted by atomic mass is 16.5. The van der Waals surface area contributed by atoms with Crippen LogP contribution in [-0.2, 0) is 0 Å². The molecule has 2 aliphatic heterocycles. The average molecular weight is 459 g/mol. The van der Waals surface area contributed by atoms with E-state index in [4.69, 9.17) is 9.72 Å². The van der Waals surface area contributed by atoms with Crippen molar-refractivity contribution < 1.29 is 9.53 Å². The van der Waals surface area contributed by atoms with Gasteiger partial charge in [-0.3, -0.25) is 9.78 Å². The van der Waals surface area contributed by atoms with Crippen LogP contribution < -0.4 is 9.64 Å². The zero-order valence-electron chi connectivity index (χ0n) is 19.5. The van der Waals surface area contributed by atoms with Crippen molar-refractivity contribution in [3.8, 4) is 11.6 Å². The summed E-state index contributed by atoms with van der Waals surface area (Å²) >= 11 is 0. The standard InChI is InChI=1S/C26H30N6O2/c1-30-12-14-31(15-13-30)24-16-20(9-10-28-24)26(33)32-11-5-6-21(19-32)23-17-27-18-25(29-23)34-22-7-3-2-4-8-22/h2-4,7-10,16-18,21H,5-6,11-15,19H2,1H3/t21-/m1/s1. The fourth-order valence-electron chi connectivity index (χ4n) is 4.56. The molecule has 0 spiro atoms. The molecule has 2 fully saturated rings. The number of pyridine rings is 1. The van der Waals surface area contributed by atoms with Crippen molar-refractivity contribution in [2.45, 2.75) is 18.8 Å². The van der Waals surface area contributed by atoms with Crippen LogP contribution in [0.2, 0.25) is 0 Å². The van der Waals surface area contributed by atoms with Crippen molar-refractivity contribution in [1.29, 1.82) is 0 Å². The first kappa shape index (κ1) is 22.3. The van der Waals surface area contributed by atoms with Crippen LogP contribution in [0.5, 0.6) is 11.6 Å². The first-order valence-corrected chi connectivity index (χ1v) is 11.9. The summed E-state index contributed by atoms with van der Waals surface area (Å²) in [6, 6.07) is 13.3. The van der Waals surface area contributed by atoms with Gasteiger partial charge < -0.3 is 19.4 Å². The van der Waals surface area contributed by atoms with Crippen molar-refractivity contribution >= 4 is 11.7 Å². The van der Waals surface area contributed by atoms with Crippen LogP contribution in [0.3, 0.4) is 0 Å². The van der Waals surface area contributed by atoms with E-state index in [1.54, 1.807) is 18.6 Å². The number of hydrogen-bond acceptors (Lipinski definition) is 7. The summed E-state index contributed by atoms with van der Waals surface area (Å²) in [7, 11) is 2.13. The molecule has 2 aromatic heterocycles. The van der Waals surface area contributed by atoms with Crippen LogP contribution in [0, 0.1) is 0 Å². The van der Waals surface area contributed by atoms with Gasteiger partial charge in [0, 0.05) is 63.1 Å². The second-order valence-electron chi connectivity index (χ2n) is 8.98. The van der Waals surface area contributed by atoms with Crippen molar-refractivity contribution in [2.75, 3.05) is 51.2 Å². The average Bonchev–Trinajstić information content (AvgIpc) is 2.90. The van der Waals surface area contributed by atoms with Crippen LogP contribution in [0.15, 0.2) is 61.1 Å². The van der Waals surface area contributed by atoms with Gasteiger partial charge in [0.1, 0.15) is 11.6 Å². The summed E-state index contributed by atoms with van der Waals surface area (Å²) in [4.78, 5) is 33.4. The number of likely N-dealkylation sites (N-methyl/N-ethyl adjacent to an activating group) is 1. The lowest BCUT2D eigenvalue weighted by Crippen LogP contribution is -2.45. The van der Waals surface area contributed by atoms with E-state index in [1.807, 2.05) is 47.4 Å². The molecule has 1 aromatic carbocycles. The number of rotatable bonds is 5. The second kappa shape index (κ2) is 10.2. The number of carbonyl (C=O) groups excluding carboxylic acids is 1. The van der Waals surface area contributed by atoms with Crippen molar-refractivity contribution in [3.05, 3.63) is 72.3 Å². The quantitative estimate of drug-likeness (QED) is 0.580. The van der Waals surface area contributed by atoms with Gasteiger partial charge in [-0.2, -0.15) is 0 Å². The number of likely N-dealkylation sites (tertiary alicyclic amines) is 1. The van der Waals surface area contributed by atoms with Crippen LogP contribution in [0.25, 0.3) is 0 Å². The predicted molar refractivity (Wildman–Crippen MR) is 130 cm³/mol. The molecule has 4 heterocycles. The molecule has 2 saturated heterocycles. The van der Waals surface area contributed by atoms with E-state index in [0.29, 0.717) is 18.0 Å². The maximum Gasteiger partial charge on any atom is 0.254 e. The van der Waals surface area contributed by atoms with Crippen LogP contribution >= 0.6 is 0 Å². The third kappa shape index (κ3) is 5.17. The molecule has 176 valence electrons. The highest BCUT2D eigenvalue weighted by molar-refractivity contribution is 5.95. The summed E-state index contributed by atoms with van der Waals surface area (Å²) in [6.07, 6.45) is 7.06. The Kier molecular flexibility index (Phi) is 6.67. The summed E-state index contributed by atoms with van der Waals surface area (Å²) in [5, 5.41) is 0. The lowest BCUT2D eigenvalue weighted by atomic mass is 9.94. The maximum atomic E-state index is 13.4. The molecule has 0 unspecified atom stereocenters. The van der Waals surface area contributed by atoms with Gasteiger partial charge in [0.25, 0.3) is 5.91 Å². The Balaban J connectivity index is 1.27. The Morgan fingerprint density at radius 3 is 2.68 bits per heavy atom. The highest BCUT2D eigenvalue weighted by Gasteiger charge is 2.27. The summed E-state index contributed by atoms with van der Waals surface area (Å²) in [6.45, 7) is 5.22. The topological polar surface area (TPSA) is 74.7 Å². The van der Waals surface area contributed by atoms with E-state index in [0.717, 1.165) is 62.8 Å². The number of ether oxygens (including phenoxy) is 1. The molecule has 8 heteroatoms. The minimum absolute atomic E-state index is 0.0483. The Hall–Kier alpha value is -3.52. The lowest BCUT2D eigenvalue weighted by Gasteiger charge is -2.34. The maximum absolute atomic E-state index is 13.4. The number of para-hydroxylation sites is 1. The highest BCUT2D eigenvalue weighted by Crippen LogP contribution is 2.28. The molecule has 3 aromatic rings. The van der Waals surface area contributed by atoms with Gasteiger partial charge in [0.15, 0.2) is 0 Å². The Bertz CT molecular complexity index is 1120. The van der Waals surface area contributed by atoms with Gasteiger partial charge in [-0.25, -0.2) is 9.97 Å². The SMILES string of the molecule is CN1CCN(c2cc(C(=O)N3CCC[C@@H](c4cncc(Oc5ccccc5)n4)C3)ccn2)CC1. The molecule has 0 bridgehead atoms. The predicted octanol–water partition coefficient (Wildman–Crippen LogP) is 3.44. The van der Waals surface area contributed by atoms with E-state index in [2.05, 4.69) is 26.8 Å². The van der Waals surface area contributed by atoms with E-state index >= 15 is 0 Å². The van der Waals surface area contributed by atoms with Gasteiger partial charge in [-0.15, -0.1) is 0 Å². The molecule has 0 aliphatic carbocycles. The van der Waals surface area contributed by atoms with Crippen molar-refractivity contribution in [1.82, 2.24) is 24.8 Å².